The second kappa shape index (κ2) is 7.06. The SMILES string of the molecule is Cc1ccc(CCN2CCC(CN(C)C)CC2)cc1. The van der Waals surface area contributed by atoms with Gasteiger partial charge in [-0.15, -0.1) is 0 Å². The van der Waals surface area contributed by atoms with Crippen LogP contribution in [0.15, 0.2) is 24.3 Å². The van der Waals surface area contributed by atoms with E-state index in [2.05, 4.69) is 55.1 Å². The number of hydrogen-bond donors (Lipinski definition) is 0. The van der Waals surface area contributed by atoms with E-state index in [0.29, 0.717) is 0 Å². The fourth-order valence-electron chi connectivity index (χ4n) is 2.95. The second-order valence-electron chi connectivity index (χ2n) is 6.28. The fraction of sp³-hybridized carbons (Fsp3) is 0.647. The molecule has 1 fully saturated rings. The van der Waals surface area contributed by atoms with Gasteiger partial charge in [-0.25, -0.2) is 0 Å². The van der Waals surface area contributed by atoms with E-state index in [9.17, 15) is 0 Å². The lowest BCUT2D eigenvalue weighted by atomic mass is 9.96. The predicted molar refractivity (Wildman–Crippen MR) is 82.6 cm³/mol. The van der Waals surface area contributed by atoms with Crippen LogP contribution >= 0.6 is 0 Å². The molecule has 2 nitrogen and oxygen atoms in total. The van der Waals surface area contributed by atoms with Gasteiger partial charge in [0.15, 0.2) is 0 Å². The molecule has 1 aliphatic heterocycles. The molecule has 106 valence electrons. The monoisotopic (exact) mass is 260 g/mol. The Morgan fingerprint density at radius 3 is 2.32 bits per heavy atom. The van der Waals surface area contributed by atoms with Crippen molar-refractivity contribution in [1.82, 2.24) is 9.80 Å². The van der Waals surface area contributed by atoms with Crippen LogP contribution < -0.4 is 0 Å². The number of rotatable bonds is 5. The van der Waals surface area contributed by atoms with Crippen molar-refractivity contribution < 1.29 is 0 Å². The van der Waals surface area contributed by atoms with Gasteiger partial charge >= 0.3 is 0 Å². The summed E-state index contributed by atoms with van der Waals surface area (Å²) < 4.78 is 0. The molecule has 0 bridgehead atoms. The van der Waals surface area contributed by atoms with Crippen molar-refractivity contribution in [2.45, 2.75) is 26.2 Å². The number of nitrogens with zero attached hydrogens (tertiary/aromatic N) is 2. The van der Waals surface area contributed by atoms with Crippen molar-refractivity contribution >= 4 is 0 Å². The molecule has 0 atom stereocenters. The first-order chi connectivity index (χ1) is 9.13. The number of hydrogen-bond acceptors (Lipinski definition) is 2. The molecule has 0 aromatic heterocycles. The van der Waals surface area contributed by atoms with Gasteiger partial charge in [0.1, 0.15) is 0 Å². The highest BCUT2D eigenvalue weighted by atomic mass is 15.1. The minimum Gasteiger partial charge on any atom is -0.309 e. The van der Waals surface area contributed by atoms with E-state index in [1.807, 2.05) is 0 Å². The van der Waals surface area contributed by atoms with Gasteiger partial charge in [-0.1, -0.05) is 29.8 Å². The molecular weight excluding hydrogens is 232 g/mol. The van der Waals surface area contributed by atoms with E-state index < -0.39 is 0 Å². The average molecular weight is 260 g/mol. The lowest BCUT2D eigenvalue weighted by Crippen LogP contribution is -2.38. The van der Waals surface area contributed by atoms with Crippen molar-refractivity contribution in [3.8, 4) is 0 Å². The van der Waals surface area contributed by atoms with Crippen molar-refractivity contribution in [3.05, 3.63) is 35.4 Å². The Kier molecular flexibility index (Phi) is 5.41. The first-order valence-corrected chi connectivity index (χ1v) is 7.56. The maximum Gasteiger partial charge on any atom is 0.00218 e. The second-order valence-corrected chi connectivity index (χ2v) is 6.28. The zero-order valence-electron chi connectivity index (χ0n) is 12.7. The highest BCUT2D eigenvalue weighted by Crippen LogP contribution is 2.18. The molecule has 1 heterocycles. The van der Waals surface area contributed by atoms with Crippen LogP contribution in [-0.4, -0.2) is 50.1 Å². The zero-order chi connectivity index (χ0) is 13.7. The quantitative estimate of drug-likeness (QED) is 0.803. The Balaban J connectivity index is 1.69. The topological polar surface area (TPSA) is 6.48 Å². The number of benzene rings is 1. The average Bonchev–Trinajstić information content (AvgIpc) is 2.39. The molecule has 19 heavy (non-hydrogen) atoms. The molecule has 1 aromatic rings. The van der Waals surface area contributed by atoms with Crippen LogP contribution in [0.1, 0.15) is 24.0 Å². The number of piperidine rings is 1. The summed E-state index contributed by atoms with van der Waals surface area (Å²) in [5, 5.41) is 0. The molecule has 1 aromatic carbocycles. The van der Waals surface area contributed by atoms with E-state index in [1.165, 1.54) is 56.6 Å². The molecule has 0 amide bonds. The standard InChI is InChI=1S/C17H28N2/c1-15-4-6-16(7-5-15)8-11-19-12-9-17(10-13-19)14-18(2)3/h4-7,17H,8-14H2,1-3H3. The van der Waals surface area contributed by atoms with Gasteiger partial charge in [-0.3, -0.25) is 0 Å². The number of aryl methyl sites for hydroxylation is 1. The van der Waals surface area contributed by atoms with E-state index in [0.717, 1.165) is 5.92 Å². The summed E-state index contributed by atoms with van der Waals surface area (Å²) in [6.45, 7) is 7.19. The predicted octanol–water partition coefficient (Wildman–Crippen LogP) is 2.81. The van der Waals surface area contributed by atoms with Crippen LogP contribution in [0, 0.1) is 12.8 Å². The maximum absolute atomic E-state index is 2.63. The Labute approximate surface area is 118 Å². The summed E-state index contributed by atoms with van der Waals surface area (Å²) in [6, 6.07) is 8.99. The summed E-state index contributed by atoms with van der Waals surface area (Å²) >= 11 is 0. The van der Waals surface area contributed by atoms with Crippen LogP contribution in [0.2, 0.25) is 0 Å². The van der Waals surface area contributed by atoms with Crippen LogP contribution in [0.3, 0.4) is 0 Å². The molecule has 0 N–H and O–H groups in total. The molecule has 0 radical (unpaired) electrons. The molecule has 0 saturated carbocycles. The third-order valence-corrected chi connectivity index (χ3v) is 4.17. The Bertz CT molecular complexity index is 361. The third kappa shape index (κ3) is 4.96. The van der Waals surface area contributed by atoms with E-state index >= 15 is 0 Å². The molecule has 2 rings (SSSR count). The Morgan fingerprint density at radius 1 is 1.11 bits per heavy atom. The minimum atomic E-state index is 0.908. The molecule has 1 saturated heterocycles. The smallest absolute Gasteiger partial charge is 0.00218 e. The molecular formula is C17H28N2. The lowest BCUT2D eigenvalue weighted by molar-refractivity contribution is 0.164. The Morgan fingerprint density at radius 2 is 1.74 bits per heavy atom. The fourth-order valence-corrected chi connectivity index (χ4v) is 2.95. The summed E-state index contributed by atoms with van der Waals surface area (Å²) in [7, 11) is 4.37. The maximum atomic E-state index is 2.63. The van der Waals surface area contributed by atoms with Gasteiger partial charge in [0.05, 0.1) is 0 Å². The molecule has 0 aliphatic carbocycles. The highest BCUT2D eigenvalue weighted by molar-refractivity contribution is 5.21. The molecule has 0 unspecified atom stereocenters. The lowest BCUT2D eigenvalue weighted by Gasteiger charge is -2.33. The van der Waals surface area contributed by atoms with Crippen LogP contribution in [0.5, 0.6) is 0 Å². The van der Waals surface area contributed by atoms with Crippen LogP contribution in [0.4, 0.5) is 0 Å². The third-order valence-electron chi connectivity index (χ3n) is 4.17. The first-order valence-electron chi connectivity index (χ1n) is 7.56. The van der Waals surface area contributed by atoms with Gasteiger partial charge in [-0.05, 0) is 64.9 Å². The van der Waals surface area contributed by atoms with Crippen molar-refractivity contribution in [3.63, 3.8) is 0 Å². The summed E-state index contributed by atoms with van der Waals surface area (Å²) in [6.07, 6.45) is 3.93. The zero-order valence-corrected chi connectivity index (χ0v) is 12.7. The summed E-state index contributed by atoms with van der Waals surface area (Å²) in [5.41, 5.74) is 2.83. The van der Waals surface area contributed by atoms with E-state index in [-0.39, 0.29) is 0 Å². The van der Waals surface area contributed by atoms with Gasteiger partial charge in [0.2, 0.25) is 0 Å². The first kappa shape index (κ1) is 14.5. The van der Waals surface area contributed by atoms with E-state index in [4.69, 9.17) is 0 Å². The molecule has 2 heteroatoms. The van der Waals surface area contributed by atoms with Crippen LogP contribution in [-0.2, 0) is 6.42 Å². The van der Waals surface area contributed by atoms with Crippen molar-refractivity contribution in [2.24, 2.45) is 5.92 Å². The summed E-state index contributed by atoms with van der Waals surface area (Å²) in [4.78, 5) is 4.96. The van der Waals surface area contributed by atoms with Crippen LogP contribution in [0.25, 0.3) is 0 Å². The van der Waals surface area contributed by atoms with Gasteiger partial charge in [0, 0.05) is 13.1 Å². The minimum absolute atomic E-state index is 0.908. The normalized spacial score (nSPS) is 18.1. The molecule has 0 spiro atoms. The van der Waals surface area contributed by atoms with Gasteiger partial charge in [-0.2, -0.15) is 0 Å². The number of likely N-dealkylation sites (tertiary alicyclic amines) is 1. The van der Waals surface area contributed by atoms with Gasteiger partial charge < -0.3 is 9.80 Å². The van der Waals surface area contributed by atoms with Crippen molar-refractivity contribution in [1.29, 1.82) is 0 Å². The highest BCUT2D eigenvalue weighted by Gasteiger charge is 2.19. The largest absolute Gasteiger partial charge is 0.309 e. The summed E-state index contributed by atoms with van der Waals surface area (Å²) in [5.74, 6) is 0.908. The van der Waals surface area contributed by atoms with Crippen molar-refractivity contribution in [2.75, 3.05) is 40.3 Å². The molecule has 1 aliphatic rings. The van der Waals surface area contributed by atoms with Gasteiger partial charge in [0.25, 0.3) is 0 Å². The Hall–Kier alpha value is -0.860. The van der Waals surface area contributed by atoms with E-state index in [1.54, 1.807) is 0 Å².